The van der Waals surface area contributed by atoms with Crippen LogP contribution in [0.5, 0.6) is 0 Å². The molecule has 0 unspecified atom stereocenters. The normalized spacial score (nSPS) is 11.5. The first-order chi connectivity index (χ1) is 21.7. The van der Waals surface area contributed by atoms with Gasteiger partial charge in [0, 0.05) is 43.3 Å². The molecule has 233 valence electrons. The van der Waals surface area contributed by atoms with Crippen LogP contribution in [0.4, 0.5) is 0 Å². The molecule has 7 rings (SSSR count). The molecular formula is C42H38IrN2O-2. The van der Waals surface area contributed by atoms with Gasteiger partial charge in [0.15, 0.2) is 0 Å². The Balaban J connectivity index is 0.000000179. The third-order valence-corrected chi connectivity index (χ3v) is 8.11. The Morgan fingerprint density at radius 3 is 2.04 bits per heavy atom. The van der Waals surface area contributed by atoms with E-state index >= 15 is 0 Å². The van der Waals surface area contributed by atoms with E-state index in [0.717, 1.165) is 50.9 Å². The van der Waals surface area contributed by atoms with E-state index in [2.05, 4.69) is 123 Å². The molecule has 3 aromatic heterocycles. The van der Waals surface area contributed by atoms with Crippen LogP contribution >= 0.6 is 0 Å². The molecule has 3 heterocycles. The molecular weight excluding hydrogens is 741 g/mol. The van der Waals surface area contributed by atoms with Crippen molar-refractivity contribution in [2.45, 2.75) is 46.5 Å². The number of nitrogens with zero attached hydrogens (tertiary/aromatic N) is 2. The molecule has 0 amide bonds. The Morgan fingerprint density at radius 1 is 0.609 bits per heavy atom. The van der Waals surface area contributed by atoms with Crippen LogP contribution < -0.4 is 0 Å². The number of benzene rings is 4. The molecule has 0 aliphatic heterocycles. The van der Waals surface area contributed by atoms with Crippen molar-refractivity contribution in [3.63, 3.8) is 0 Å². The second-order valence-corrected chi connectivity index (χ2v) is 13.2. The van der Waals surface area contributed by atoms with E-state index in [1.807, 2.05) is 60.9 Å². The van der Waals surface area contributed by atoms with Gasteiger partial charge in [-0.05, 0) is 52.5 Å². The van der Waals surface area contributed by atoms with Crippen molar-refractivity contribution in [1.82, 2.24) is 9.97 Å². The number of hydrogen-bond donors (Lipinski definition) is 0. The first kappa shape index (κ1) is 33.0. The molecule has 0 saturated heterocycles. The van der Waals surface area contributed by atoms with Crippen molar-refractivity contribution in [1.29, 1.82) is 0 Å². The second kappa shape index (κ2) is 14.0. The van der Waals surface area contributed by atoms with E-state index in [1.165, 1.54) is 16.7 Å². The Labute approximate surface area is 286 Å². The van der Waals surface area contributed by atoms with Gasteiger partial charge >= 0.3 is 0 Å². The fraction of sp³-hybridized carbons (Fsp3) is 0.190. The fourth-order valence-electron chi connectivity index (χ4n) is 5.70. The van der Waals surface area contributed by atoms with Gasteiger partial charge in [-0.3, -0.25) is 0 Å². The maximum Gasteiger partial charge on any atom is 0.120 e. The van der Waals surface area contributed by atoms with Crippen LogP contribution in [-0.2, 0) is 31.9 Å². The van der Waals surface area contributed by atoms with Gasteiger partial charge in [-0.1, -0.05) is 106 Å². The Morgan fingerprint density at radius 2 is 1.30 bits per heavy atom. The Kier molecular flexibility index (Phi) is 10.0. The molecule has 0 aliphatic carbocycles. The minimum atomic E-state index is -0.0479. The topological polar surface area (TPSA) is 38.9 Å². The molecule has 0 spiro atoms. The van der Waals surface area contributed by atoms with Gasteiger partial charge < -0.3 is 14.4 Å². The van der Waals surface area contributed by atoms with E-state index in [9.17, 15) is 0 Å². The zero-order chi connectivity index (χ0) is 31.4. The van der Waals surface area contributed by atoms with Crippen LogP contribution in [0.3, 0.4) is 0 Å². The molecule has 3 nitrogen and oxygen atoms in total. The molecule has 0 bridgehead atoms. The third-order valence-electron chi connectivity index (χ3n) is 8.11. The molecule has 0 fully saturated rings. The van der Waals surface area contributed by atoms with Crippen LogP contribution in [0, 0.1) is 17.5 Å². The quantitative estimate of drug-likeness (QED) is 0.163. The fourth-order valence-corrected chi connectivity index (χ4v) is 5.70. The summed E-state index contributed by atoms with van der Waals surface area (Å²) >= 11 is 0. The van der Waals surface area contributed by atoms with Gasteiger partial charge in [-0.15, -0.1) is 59.7 Å². The summed E-state index contributed by atoms with van der Waals surface area (Å²) in [6, 6.07) is 45.8. The number of furan rings is 1. The Bertz CT molecular complexity index is 2040. The van der Waals surface area contributed by atoms with E-state index in [1.54, 1.807) is 0 Å². The maximum absolute atomic E-state index is 5.88. The largest absolute Gasteiger partial charge is 0.500 e. The smallest absolute Gasteiger partial charge is 0.120 e. The molecule has 1 radical (unpaired) electrons. The van der Waals surface area contributed by atoms with Crippen molar-refractivity contribution < 1.29 is 24.5 Å². The molecule has 46 heavy (non-hydrogen) atoms. The van der Waals surface area contributed by atoms with Gasteiger partial charge in [-0.25, -0.2) is 0 Å². The van der Waals surface area contributed by atoms with Crippen molar-refractivity contribution in [2.24, 2.45) is 5.41 Å². The summed E-state index contributed by atoms with van der Waals surface area (Å²) in [6.07, 6.45) is 4.80. The molecule has 0 atom stereocenters. The maximum atomic E-state index is 5.88. The van der Waals surface area contributed by atoms with E-state index in [4.69, 9.17) is 4.42 Å². The van der Waals surface area contributed by atoms with Gasteiger partial charge in [0.25, 0.3) is 0 Å². The monoisotopic (exact) mass is 779 g/mol. The Hall–Kier alpha value is -4.37. The number of fused-ring (bicyclic) bond motifs is 3. The van der Waals surface area contributed by atoms with E-state index in [0.29, 0.717) is 0 Å². The van der Waals surface area contributed by atoms with E-state index < -0.39 is 0 Å². The summed E-state index contributed by atoms with van der Waals surface area (Å²) < 4.78 is 5.88. The summed E-state index contributed by atoms with van der Waals surface area (Å²) in [4.78, 5) is 9.03. The number of pyridine rings is 2. The number of aromatic nitrogens is 2. The summed E-state index contributed by atoms with van der Waals surface area (Å²) in [7, 11) is 0. The van der Waals surface area contributed by atoms with Crippen molar-refractivity contribution in [3.8, 4) is 22.5 Å². The molecule has 4 heteroatoms. The zero-order valence-electron chi connectivity index (χ0n) is 27.0. The van der Waals surface area contributed by atoms with Crippen molar-refractivity contribution >= 4 is 21.9 Å². The first-order valence-corrected chi connectivity index (χ1v) is 15.4. The molecule has 0 N–H and O–H groups in total. The number of rotatable bonds is 5. The van der Waals surface area contributed by atoms with Gasteiger partial charge in [0.2, 0.25) is 0 Å². The standard InChI is InChI=1S/C22H20NO.C20H18N.Ir/c1-22(2,3)14-15-10-11-23-19(12-15)16-8-9-21-18(13-16)17-6-4-5-7-20(17)24-21;1-20(2,17-11-7-4-8-12-17)18-13-14-21-19(15-18)16-9-5-3-6-10-16;/h4-7,9-13H,14H2,1-3H3;3-9,11-15H,1-2H3;/q2*-1;. The number of hydrogen-bond acceptors (Lipinski definition) is 3. The first-order valence-electron chi connectivity index (χ1n) is 15.4. The molecule has 0 aliphatic rings. The zero-order valence-corrected chi connectivity index (χ0v) is 29.4. The minimum absolute atomic E-state index is 0. The average Bonchev–Trinajstić information content (AvgIpc) is 3.43. The van der Waals surface area contributed by atoms with Gasteiger partial charge in [-0.2, -0.15) is 0 Å². The van der Waals surface area contributed by atoms with Gasteiger partial charge in [0.1, 0.15) is 5.58 Å². The van der Waals surface area contributed by atoms with Crippen molar-refractivity contribution in [3.05, 3.63) is 156 Å². The van der Waals surface area contributed by atoms with Gasteiger partial charge in [0.05, 0.1) is 5.58 Å². The molecule has 4 aromatic carbocycles. The number of para-hydroxylation sites is 1. The molecule has 0 saturated carbocycles. The second-order valence-electron chi connectivity index (χ2n) is 13.2. The van der Waals surface area contributed by atoms with Crippen LogP contribution in [0.2, 0.25) is 0 Å². The molecule has 7 aromatic rings. The minimum Gasteiger partial charge on any atom is -0.500 e. The van der Waals surface area contributed by atoms with Crippen LogP contribution in [0.15, 0.2) is 132 Å². The van der Waals surface area contributed by atoms with Crippen LogP contribution in [0.1, 0.15) is 51.3 Å². The predicted octanol–water partition coefficient (Wildman–Crippen LogP) is 10.9. The summed E-state index contributed by atoms with van der Waals surface area (Å²) in [5, 5.41) is 2.25. The van der Waals surface area contributed by atoms with Crippen LogP contribution in [0.25, 0.3) is 44.5 Å². The third kappa shape index (κ3) is 7.53. The summed E-state index contributed by atoms with van der Waals surface area (Å²) in [5.74, 6) is 0. The van der Waals surface area contributed by atoms with Crippen LogP contribution in [-0.4, -0.2) is 9.97 Å². The van der Waals surface area contributed by atoms with E-state index in [-0.39, 0.29) is 30.9 Å². The SMILES string of the molecule is CC(C)(C)Cc1ccnc(-c2[c-]cc3oc4ccccc4c3c2)c1.CC(C)(c1ccccc1)c1ccnc(-c2[c-]cccc2)c1.[Ir]. The summed E-state index contributed by atoms with van der Waals surface area (Å²) in [6.45, 7) is 11.3. The average molecular weight is 779 g/mol. The summed E-state index contributed by atoms with van der Waals surface area (Å²) in [5.41, 5.74) is 9.82. The predicted molar refractivity (Wildman–Crippen MR) is 186 cm³/mol. The van der Waals surface area contributed by atoms with Crippen molar-refractivity contribution in [2.75, 3.05) is 0 Å².